The van der Waals surface area contributed by atoms with Gasteiger partial charge < -0.3 is 14.6 Å². The minimum atomic E-state index is -6.09. The molecule has 0 aromatic heterocycles. The van der Waals surface area contributed by atoms with Crippen molar-refractivity contribution in [2.24, 2.45) is 0 Å². The quantitative estimate of drug-likeness (QED) is 0.138. The maximum absolute atomic E-state index is 10.7. The van der Waals surface area contributed by atoms with E-state index in [1.54, 1.807) is 62.6 Å². The van der Waals surface area contributed by atoms with Gasteiger partial charge in [-0.1, -0.05) is 0 Å². The van der Waals surface area contributed by atoms with E-state index in [1.807, 2.05) is 0 Å². The van der Waals surface area contributed by atoms with Crippen LogP contribution in [0.1, 0.15) is 0 Å². The second-order valence-electron chi connectivity index (χ2n) is 5.51. The summed E-state index contributed by atoms with van der Waals surface area (Å²) < 4.78 is 166. The molecule has 0 fully saturated rings. The van der Waals surface area contributed by atoms with Crippen LogP contribution in [-0.2, 0) is 101 Å². The number of halogens is 6. The molecule has 0 amide bonds. The maximum atomic E-state index is 10.7. The molecule has 0 rings (SSSR count). The van der Waals surface area contributed by atoms with Crippen molar-refractivity contribution in [1.29, 1.82) is 0 Å². The first-order valence-electron chi connectivity index (χ1n) is 7.46. The molecule has 0 bridgehead atoms. The van der Waals surface area contributed by atoms with Gasteiger partial charge in [-0.05, 0) is 0 Å². The number of rotatable bonds is 0. The van der Waals surface area contributed by atoms with Crippen LogP contribution < -0.4 is 0 Å². The van der Waals surface area contributed by atoms with Crippen molar-refractivity contribution in [3.8, 4) is 0 Å². The van der Waals surface area contributed by atoms with Crippen LogP contribution in [0, 0.1) is 0 Å². The number of hydrogen-bond donors (Lipinski definition) is 0. The van der Waals surface area contributed by atoms with E-state index in [9.17, 15) is 47.4 Å². The third kappa shape index (κ3) is 133. The third-order valence-corrected chi connectivity index (χ3v) is 1.70. The molecule has 238 valence electrons. The van der Waals surface area contributed by atoms with Crippen LogP contribution in [0.4, 0.5) is 26.3 Å². The molecular formula is C12H30F6O12S7Ti. The van der Waals surface area contributed by atoms with E-state index in [4.69, 9.17) is 25.9 Å². The molecule has 0 radical (unpaired) electrons. The van der Waals surface area contributed by atoms with Crippen molar-refractivity contribution < 1.29 is 101 Å². The normalized spacial score (nSPS) is 10.5. The molecule has 0 aromatic rings. The summed E-state index contributed by atoms with van der Waals surface area (Å²) in [4.78, 5) is 0. The van der Waals surface area contributed by atoms with E-state index in [0.717, 1.165) is 0 Å². The van der Waals surface area contributed by atoms with Crippen LogP contribution in [0.15, 0.2) is 0 Å². The Morgan fingerprint density at radius 1 is 0.447 bits per heavy atom. The van der Waals surface area contributed by atoms with Gasteiger partial charge in [0.15, 0.2) is 20.2 Å². The van der Waals surface area contributed by atoms with Crippen molar-refractivity contribution in [3.05, 3.63) is 0 Å². The first-order chi connectivity index (χ1) is 15.2. The molecule has 0 heterocycles. The predicted molar refractivity (Wildman–Crippen MR) is 132 cm³/mol. The fourth-order valence-corrected chi connectivity index (χ4v) is 0. The van der Waals surface area contributed by atoms with Gasteiger partial charge in [0.05, 0.1) is 0 Å². The zero-order valence-corrected chi connectivity index (χ0v) is 28.8. The van der Waals surface area contributed by atoms with E-state index in [1.165, 1.54) is 0 Å². The summed E-state index contributed by atoms with van der Waals surface area (Å²) in [6.45, 7) is 0. The molecular weight excluding hydrogens is 722 g/mol. The van der Waals surface area contributed by atoms with E-state index >= 15 is 0 Å². The van der Waals surface area contributed by atoms with Crippen LogP contribution in [0.2, 0.25) is 0 Å². The van der Waals surface area contributed by atoms with Crippen LogP contribution in [0.3, 0.4) is 0 Å². The molecule has 0 spiro atoms. The Bertz CT molecular complexity index is 744. The maximum Gasteiger partial charge on any atom is 4.00 e. The first kappa shape index (κ1) is 62.4. The van der Waals surface area contributed by atoms with Gasteiger partial charge in [-0.2, -0.15) is 26.3 Å². The average molecular weight is 753 g/mol. The first-order valence-corrected chi connectivity index (χ1v) is 20.1. The Morgan fingerprint density at radius 3 is 0.474 bits per heavy atom. The van der Waals surface area contributed by atoms with Crippen molar-refractivity contribution in [1.82, 2.24) is 0 Å². The van der Waals surface area contributed by atoms with Gasteiger partial charge in [-0.25, -0.2) is 16.8 Å². The van der Waals surface area contributed by atoms with E-state index < -0.39 is 85.3 Å². The van der Waals surface area contributed by atoms with Gasteiger partial charge in [-0.3, -0.25) is 21.0 Å². The number of hydrogen-bond acceptors (Lipinski definition) is 11. The summed E-state index contributed by atoms with van der Waals surface area (Å²) in [5.41, 5.74) is -11.3. The molecule has 0 aromatic carbocycles. The molecule has 0 N–H and O–H groups in total. The van der Waals surface area contributed by atoms with Crippen molar-refractivity contribution in [3.63, 3.8) is 0 Å². The SMILES string of the molecule is CS(C)=O.CS(C)=O.CS(C)=O.CS(C)=O.CS(C)=O.O=S(=O)([O-])C(F)(F)F.O=S(=O)([O-])C(F)(F)F.[O-2].[Ti+4]. The average Bonchev–Trinajstić information content (AvgIpc) is 2.39. The van der Waals surface area contributed by atoms with E-state index in [-0.39, 0.29) is 27.2 Å². The summed E-state index contributed by atoms with van der Waals surface area (Å²) in [6, 6.07) is 0. The summed E-state index contributed by atoms with van der Waals surface area (Å²) in [7, 11) is -15.2. The van der Waals surface area contributed by atoms with Gasteiger partial charge in [0.1, 0.15) is 0 Å². The largest absolute Gasteiger partial charge is 4.00 e. The van der Waals surface area contributed by atoms with Gasteiger partial charge in [0.2, 0.25) is 0 Å². The fraction of sp³-hybridized carbons (Fsp3) is 1.00. The van der Waals surface area contributed by atoms with Gasteiger partial charge in [0.25, 0.3) is 0 Å². The minimum Gasteiger partial charge on any atom is -2.00 e. The van der Waals surface area contributed by atoms with E-state index in [0.29, 0.717) is 0 Å². The predicted octanol–water partition coefficient (Wildman–Crippen LogP) is -0.0450. The topological polar surface area (TPSA) is 228 Å². The zero-order valence-electron chi connectivity index (χ0n) is 21.5. The summed E-state index contributed by atoms with van der Waals surface area (Å²) >= 11 is 0. The smallest absolute Gasteiger partial charge is 2.00 e. The van der Waals surface area contributed by atoms with Crippen molar-refractivity contribution in [2.75, 3.05) is 62.6 Å². The molecule has 12 nitrogen and oxygen atoms in total. The monoisotopic (exact) mass is 752 g/mol. The Labute approximate surface area is 246 Å². The van der Waals surface area contributed by atoms with Gasteiger partial charge >= 0.3 is 32.7 Å². The molecule has 0 aliphatic rings. The van der Waals surface area contributed by atoms with Gasteiger partial charge in [0, 0.05) is 117 Å². The molecule has 0 saturated heterocycles. The Morgan fingerprint density at radius 2 is 0.474 bits per heavy atom. The Kier molecular flexibility index (Phi) is 53.1. The van der Waals surface area contributed by atoms with E-state index in [2.05, 4.69) is 0 Å². The van der Waals surface area contributed by atoms with Crippen LogP contribution in [-0.4, -0.2) is 121 Å². The molecule has 0 unspecified atom stereocenters. The molecule has 38 heavy (non-hydrogen) atoms. The minimum absolute atomic E-state index is 0. The second kappa shape index (κ2) is 32.3. The van der Waals surface area contributed by atoms with Gasteiger partial charge in [-0.15, -0.1) is 0 Å². The Hall–Kier alpha value is 0.824. The van der Waals surface area contributed by atoms with Crippen molar-refractivity contribution in [2.45, 2.75) is 11.0 Å². The van der Waals surface area contributed by atoms with Crippen LogP contribution in [0.25, 0.3) is 0 Å². The van der Waals surface area contributed by atoms with Crippen LogP contribution in [0.5, 0.6) is 0 Å². The number of alkyl halides is 6. The molecule has 0 atom stereocenters. The Balaban J connectivity index is -0.0000000376. The summed E-state index contributed by atoms with van der Waals surface area (Å²) in [5.74, 6) is 0. The summed E-state index contributed by atoms with van der Waals surface area (Å²) in [6.07, 6.45) is 16.4. The second-order valence-corrected chi connectivity index (χ2v) is 15.7. The molecule has 26 heteroatoms. The molecule has 0 saturated carbocycles. The standard InChI is InChI=1S/5C2H6OS.2CHF3O3S.O.Ti/c5*1-4(2)3;2*2-1(3,4)8(5,6)7;;/h5*1-2H3;2*(H,5,6,7);;/q;;;;;;;-2;+4/p-2. The van der Waals surface area contributed by atoms with Crippen molar-refractivity contribution >= 4 is 74.2 Å². The summed E-state index contributed by atoms with van der Waals surface area (Å²) in [5, 5.41) is 0. The van der Waals surface area contributed by atoms with Crippen LogP contribution >= 0.6 is 0 Å². The third-order valence-electron chi connectivity index (χ3n) is 0.567. The fourth-order valence-electron chi connectivity index (χ4n) is 0. The zero-order chi connectivity index (χ0) is 31.9. The molecule has 0 aliphatic carbocycles. The molecule has 0 aliphatic heterocycles.